The van der Waals surface area contributed by atoms with E-state index in [0.717, 1.165) is 36.6 Å². The molecule has 0 fully saturated rings. The van der Waals surface area contributed by atoms with Gasteiger partial charge in [-0.2, -0.15) is 0 Å². The largest absolute Gasteiger partial charge is 0.454 e. The van der Waals surface area contributed by atoms with Crippen molar-refractivity contribution in [3.05, 3.63) is 47.5 Å². The average Bonchev–Trinajstić information content (AvgIpc) is 3.01. The van der Waals surface area contributed by atoms with Crippen LogP contribution in [0.3, 0.4) is 0 Å². The van der Waals surface area contributed by atoms with Gasteiger partial charge >= 0.3 is 0 Å². The lowest BCUT2D eigenvalue weighted by atomic mass is 10.00. The van der Waals surface area contributed by atoms with Crippen LogP contribution in [0.25, 0.3) is 0 Å². The Kier molecular flexibility index (Phi) is 3.58. The van der Waals surface area contributed by atoms with Gasteiger partial charge in [0.1, 0.15) is 0 Å². The number of hydrogen-bond donors (Lipinski definition) is 1. The zero-order valence-electron chi connectivity index (χ0n) is 13.0. The van der Waals surface area contributed by atoms with Crippen molar-refractivity contribution in [2.75, 3.05) is 23.6 Å². The maximum Gasteiger partial charge on any atom is 0.231 e. The van der Waals surface area contributed by atoms with Crippen LogP contribution in [0.1, 0.15) is 17.5 Å². The van der Waals surface area contributed by atoms with E-state index in [4.69, 9.17) is 21.7 Å². The van der Waals surface area contributed by atoms with Crippen LogP contribution in [-0.4, -0.2) is 18.5 Å². The van der Waals surface area contributed by atoms with Crippen molar-refractivity contribution in [1.82, 2.24) is 0 Å². The molecule has 0 aromatic heterocycles. The van der Waals surface area contributed by atoms with Gasteiger partial charge in [-0.15, -0.1) is 0 Å². The Labute approximate surface area is 141 Å². The molecule has 0 bridgehead atoms. The average molecular weight is 326 g/mol. The predicted molar refractivity (Wildman–Crippen MR) is 95.6 cm³/mol. The smallest absolute Gasteiger partial charge is 0.231 e. The van der Waals surface area contributed by atoms with Gasteiger partial charge in [0.2, 0.25) is 6.79 Å². The molecule has 0 amide bonds. The van der Waals surface area contributed by atoms with E-state index in [1.807, 2.05) is 18.2 Å². The number of anilines is 2. The molecule has 0 saturated carbocycles. The summed E-state index contributed by atoms with van der Waals surface area (Å²) in [6.07, 6.45) is 2.22. The third-order valence-corrected chi connectivity index (χ3v) is 4.55. The van der Waals surface area contributed by atoms with Crippen molar-refractivity contribution >= 4 is 28.7 Å². The lowest BCUT2D eigenvalue weighted by Crippen LogP contribution is -2.38. The zero-order chi connectivity index (χ0) is 15.8. The first kappa shape index (κ1) is 14.3. The molecule has 4 nitrogen and oxygen atoms in total. The van der Waals surface area contributed by atoms with Crippen LogP contribution in [0.5, 0.6) is 11.5 Å². The molecule has 2 heterocycles. The van der Waals surface area contributed by atoms with Crippen molar-refractivity contribution in [3.63, 3.8) is 0 Å². The van der Waals surface area contributed by atoms with E-state index in [-0.39, 0.29) is 6.79 Å². The van der Waals surface area contributed by atoms with Gasteiger partial charge in [-0.3, -0.25) is 0 Å². The molecule has 2 aromatic rings. The molecule has 0 saturated heterocycles. The van der Waals surface area contributed by atoms with Gasteiger partial charge in [-0.25, -0.2) is 0 Å². The molecular weight excluding hydrogens is 308 g/mol. The van der Waals surface area contributed by atoms with Gasteiger partial charge in [-0.1, -0.05) is 17.7 Å². The van der Waals surface area contributed by atoms with Gasteiger partial charge in [0.25, 0.3) is 0 Å². The molecule has 4 rings (SSSR count). The summed E-state index contributed by atoms with van der Waals surface area (Å²) in [5.74, 6) is 1.53. The van der Waals surface area contributed by atoms with Crippen molar-refractivity contribution in [1.29, 1.82) is 0 Å². The Hall–Kier alpha value is -2.27. The first-order valence-electron chi connectivity index (χ1n) is 7.78. The number of nitrogens with zero attached hydrogens (tertiary/aromatic N) is 1. The summed E-state index contributed by atoms with van der Waals surface area (Å²) in [6, 6.07) is 12.3. The van der Waals surface area contributed by atoms with Crippen LogP contribution in [0.2, 0.25) is 0 Å². The minimum Gasteiger partial charge on any atom is -0.454 e. The molecule has 118 valence electrons. The fourth-order valence-corrected chi connectivity index (χ4v) is 3.41. The van der Waals surface area contributed by atoms with E-state index in [2.05, 4.69) is 35.3 Å². The Morgan fingerprint density at radius 3 is 2.91 bits per heavy atom. The van der Waals surface area contributed by atoms with E-state index in [9.17, 15) is 0 Å². The summed E-state index contributed by atoms with van der Waals surface area (Å²) >= 11 is 5.64. The molecule has 2 aliphatic heterocycles. The predicted octanol–water partition coefficient (Wildman–Crippen LogP) is 3.87. The van der Waals surface area contributed by atoms with Crippen LogP contribution >= 0.6 is 12.2 Å². The van der Waals surface area contributed by atoms with Crippen LogP contribution in [0.4, 0.5) is 11.4 Å². The molecule has 0 unspecified atom stereocenters. The first-order valence-corrected chi connectivity index (χ1v) is 8.19. The van der Waals surface area contributed by atoms with Crippen molar-refractivity contribution < 1.29 is 9.47 Å². The van der Waals surface area contributed by atoms with Gasteiger partial charge in [0.05, 0.1) is 0 Å². The zero-order valence-corrected chi connectivity index (χ0v) is 13.8. The minimum atomic E-state index is 0.280. The number of thiocarbonyl (C=S) groups is 1. The minimum absolute atomic E-state index is 0.280. The SMILES string of the molecule is Cc1ccc2c(c1)CCCN2C(=S)Nc1ccc2c(c1)OCO2. The Balaban J connectivity index is 1.56. The van der Waals surface area contributed by atoms with E-state index in [1.54, 1.807) is 0 Å². The summed E-state index contributed by atoms with van der Waals surface area (Å²) in [4.78, 5) is 2.18. The van der Waals surface area contributed by atoms with Gasteiger partial charge in [0.15, 0.2) is 16.6 Å². The number of benzene rings is 2. The topological polar surface area (TPSA) is 33.7 Å². The number of ether oxygens (including phenoxy) is 2. The summed E-state index contributed by atoms with van der Waals surface area (Å²) in [7, 11) is 0. The van der Waals surface area contributed by atoms with Crippen LogP contribution in [0.15, 0.2) is 36.4 Å². The summed E-state index contributed by atoms with van der Waals surface area (Å²) in [5.41, 5.74) is 4.78. The normalized spacial score (nSPS) is 15.3. The van der Waals surface area contributed by atoms with Gasteiger partial charge in [-0.05, 0) is 55.7 Å². The highest BCUT2D eigenvalue weighted by atomic mass is 32.1. The second kappa shape index (κ2) is 5.74. The quantitative estimate of drug-likeness (QED) is 0.805. The fraction of sp³-hybridized carbons (Fsp3) is 0.278. The molecule has 0 atom stereocenters. The van der Waals surface area contributed by atoms with Gasteiger partial charge in [0, 0.05) is 24.0 Å². The summed E-state index contributed by atoms with van der Waals surface area (Å²) in [6.45, 7) is 3.34. The maximum atomic E-state index is 5.64. The molecule has 23 heavy (non-hydrogen) atoms. The number of rotatable bonds is 1. The second-order valence-electron chi connectivity index (χ2n) is 5.89. The van der Waals surface area contributed by atoms with E-state index in [1.165, 1.54) is 16.8 Å². The van der Waals surface area contributed by atoms with Crippen LogP contribution in [0, 0.1) is 6.92 Å². The van der Waals surface area contributed by atoms with E-state index >= 15 is 0 Å². The van der Waals surface area contributed by atoms with E-state index < -0.39 is 0 Å². The summed E-state index contributed by atoms with van der Waals surface area (Å²) in [5, 5.41) is 4.04. The second-order valence-corrected chi connectivity index (χ2v) is 6.27. The Bertz CT molecular complexity index is 776. The lowest BCUT2D eigenvalue weighted by molar-refractivity contribution is 0.174. The molecule has 0 spiro atoms. The molecule has 1 N–H and O–H groups in total. The molecule has 0 aliphatic carbocycles. The van der Waals surface area contributed by atoms with Crippen molar-refractivity contribution in [2.24, 2.45) is 0 Å². The number of aryl methyl sites for hydroxylation is 2. The molecule has 2 aliphatic rings. The third kappa shape index (κ3) is 2.72. The lowest BCUT2D eigenvalue weighted by Gasteiger charge is -2.32. The highest BCUT2D eigenvalue weighted by Crippen LogP contribution is 2.35. The molecule has 5 heteroatoms. The van der Waals surface area contributed by atoms with Crippen molar-refractivity contribution in [3.8, 4) is 11.5 Å². The molecule has 0 radical (unpaired) electrons. The Morgan fingerprint density at radius 1 is 1.13 bits per heavy atom. The van der Waals surface area contributed by atoms with Gasteiger partial charge < -0.3 is 19.7 Å². The number of hydrogen-bond acceptors (Lipinski definition) is 3. The third-order valence-electron chi connectivity index (χ3n) is 4.22. The van der Waals surface area contributed by atoms with Crippen molar-refractivity contribution in [2.45, 2.75) is 19.8 Å². The maximum absolute atomic E-state index is 5.64. The number of fused-ring (bicyclic) bond motifs is 2. The van der Waals surface area contributed by atoms with Crippen LogP contribution in [-0.2, 0) is 6.42 Å². The standard InChI is InChI=1S/C18H18N2O2S/c1-12-4-6-15-13(9-12)3-2-8-20(15)18(23)19-14-5-7-16-17(10-14)22-11-21-16/h4-7,9-10H,2-3,8,11H2,1H3,(H,19,23). The highest BCUT2D eigenvalue weighted by molar-refractivity contribution is 7.80. The van der Waals surface area contributed by atoms with E-state index in [0.29, 0.717) is 5.11 Å². The number of nitrogens with one attached hydrogen (secondary N) is 1. The highest BCUT2D eigenvalue weighted by Gasteiger charge is 2.21. The molecular formula is C18H18N2O2S. The molecule has 2 aromatic carbocycles. The first-order chi connectivity index (χ1) is 11.2. The fourth-order valence-electron chi connectivity index (χ4n) is 3.10. The summed E-state index contributed by atoms with van der Waals surface area (Å²) < 4.78 is 10.8. The van der Waals surface area contributed by atoms with Crippen LogP contribution < -0.4 is 19.7 Å². The Morgan fingerprint density at radius 2 is 2.00 bits per heavy atom. The monoisotopic (exact) mass is 326 g/mol.